The minimum absolute atomic E-state index is 0.231. The summed E-state index contributed by atoms with van der Waals surface area (Å²) < 4.78 is 42.6. The van der Waals surface area contributed by atoms with Crippen LogP contribution in [0.25, 0.3) is 0 Å². The summed E-state index contributed by atoms with van der Waals surface area (Å²) in [6.45, 7) is -1.35. The second-order valence-corrected chi connectivity index (χ2v) is 5.62. The van der Waals surface area contributed by atoms with E-state index in [1.54, 1.807) is 0 Å². The quantitative estimate of drug-likeness (QED) is 0.406. The Morgan fingerprint density at radius 3 is 2.56 bits per heavy atom. The van der Waals surface area contributed by atoms with Crippen LogP contribution in [0.3, 0.4) is 0 Å². The number of rotatable bonds is 4. The van der Waals surface area contributed by atoms with Crippen LogP contribution in [-0.4, -0.2) is 61.9 Å². The van der Waals surface area contributed by atoms with Crippen LogP contribution in [-0.2, 0) is 16.1 Å². The number of H-pyrrole nitrogens is 1. The van der Waals surface area contributed by atoms with Crippen LogP contribution in [0, 0.1) is 4.77 Å². The van der Waals surface area contributed by atoms with Gasteiger partial charge in [-0.3, -0.25) is 19.1 Å². The van der Waals surface area contributed by atoms with Crippen LogP contribution in [0.4, 0.5) is 13.2 Å². The molecule has 0 aliphatic carbocycles. The van der Waals surface area contributed by atoms with E-state index in [1.165, 1.54) is 5.32 Å². The van der Waals surface area contributed by atoms with Gasteiger partial charge < -0.3 is 25.4 Å². The minimum Gasteiger partial charge on any atom is -0.394 e. The lowest BCUT2D eigenvalue weighted by Gasteiger charge is -2.19. The molecule has 0 radical (unpaired) electrons. The Balaban J connectivity index is 2.28. The van der Waals surface area contributed by atoms with Gasteiger partial charge in [0.05, 0.1) is 12.2 Å². The molecule has 0 bridgehead atoms. The van der Waals surface area contributed by atoms with Crippen molar-refractivity contribution in [2.75, 3.05) is 6.61 Å². The third kappa shape index (κ3) is 4.07. The highest BCUT2D eigenvalue weighted by molar-refractivity contribution is 7.71. The van der Waals surface area contributed by atoms with Crippen LogP contribution in [0.15, 0.2) is 11.0 Å². The molecule has 13 heteroatoms. The van der Waals surface area contributed by atoms with E-state index < -0.39 is 55.3 Å². The molecular weight excluding hydrogens is 371 g/mol. The molecule has 140 valence electrons. The van der Waals surface area contributed by atoms with Gasteiger partial charge in [-0.05, 0) is 12.2 Å². The number of carbonyl (C=O) groups is 1. The number of amides is 1. The molecule has 1 amide bonds. The summed E-state index contributed by atoms with van der Waals surface area (Å²) in [6, 6.07) is 0. The van der Waals surface area contributed by atoms with Crippen molar-refractivity contribution in [1.29, 1.82) is 0 Å². The molecule has 2 heterocycles. The van der Waals surface area contributed by atoms with Crippen molar-refractivity contribution in [3.63, 3.8) is 0 Å². The predicted molar refractivity (Wildman–Crippen MR) is 76.8 cm³/mol. The Labute approximate surface area is 142 Å². The van der Waals surface area contributed by atoms with Crippen molar-refractivity contribution in [3.8, 4) is 0 Å². The molecule has 0 aromatic carbocycles. The normalized spacial score (nSPS) is 26.6. The molecule has 5 N–H and O–H groups in total. The Kier molecular flexibility index (Phi) is 5.63. The molecule has 0 saturated carbocycles. The molecule has 4 atom stereocenters. The van der Waals surface area contributed by atoms with Gasteiger partial charge in [0.25, 0.3) is 5.56 Å². The van der Waals surface area contributed by atoms with E-state index >= 15 is 0 Å². The standard InChI is InChI=1S/C12H14F3N3O6S/c13-12(14,15)10(23)16-1-4-2-18(11(25)17-8(4)22)9-7(21)6(20)5(3-19)24-9/h2,5-7,9,19-21H,1,3H2,(H,16,23)(H,17,22,25)/t5-,6-,7-,9-/m1/s1. The van der Waals surface area contributed by atoms with Crippen molar-refractivity contribution in [2.24, 2.45) is 0 Å². The number of hydrogen-bond acceptors (Lipinski definition) is 7. The van der Waals surface area contributed by atoms with Crippen molar-refractivity contribution in [2.45, 2.75) is 37.3 Å². The summed E-state index contributed by atoms with van der Waals surface area (Å²) >= 11 is 4.90. The summed E-state index contributed by atoms with van der Waals surface area (Å²) in [5, 5.41) is 30.3. The van der Waals surface area contributed by atoms with Crippen LogP contribution < -0.4 is 10.9 Å². The van der Waals surface area contributed by atoms with Crippen molar-refractivity contribution in [3.05, 3.63) is 26.9 Å². The highest BCUT2D eigenvalue weighted by Crippen LogP contribution is 2.29. The van der Waals surface area contributed by atoms with E-state index in [1.807, 2.05) is 0 Å². The molecule has 0 spiro atoms. The fraction of sp³-hybridized carbons (Fsp3) is 0.583. The highest BCUT2D eigenvalue weighted by atomic mass is 32.1. The first-order valence-electron chi connectivity index (χ1n) is 6.88. The number of aromatic nitrogens is 2. The zero-order valence-electron chi connectivity index (χ0n) is 12.4. The van der Waals surface area contributed by atoms with Gasteiger partial charge in [0.1, 0.15) is 18.3 Å². The Morgan fingerprint density at radius 2 is 2.04 bits per heavy atom. The van der Waals surface area contributed by atoms with E-state index in [9.17, 15) is 33.0 Å². The van der Waals surface area contributed by atoms with Gasteiger partial charge in [-0.2, -0.15) is 13.2 Å². The van der Waals surface area contributed by atoms with Crippen LogP contribution in [0.5, 0.6) is 0 Å². The molecule has 1 aliphatic heterocycles. The first-order chi connectivity index (χ1) is 11.6. The van der Waals surface area contributed by atoms with Crippen LogP contribution in [0.1, 0.15) is 11.8 Å². The Hall–Kier alpha value is -1.80. The number of ether oxygens (including phenoxy) is 1. The number of aliphatic hydroxyl groups excluding tert-OH is 3. The Morgan fingerprint density at radius 1 is 1.40 bits per heavy atom. The van der Waals surface area contributed by atoms with Gasteiger partial charge in [-0.15, -0.1) is 0 Å². The summed E-state index contributed by atoms with van der Waals surface area (Å²) in [6.07, 6.45) is -9.44. The predicted octanol–water partition coefficient (Wildman–Crippen LogP) is -1.30. The molecule has 9 nitrogen and oxygen atoms in total. The lowest BCUT2D eigenvalue weighted by Crippen LogP contribution is -2.38. The van der Waals surface area contributed by atoms with E-state index in [2.05, 4.69) is 4.98 Å². The number of nitrogens with zero attached hydrogens (tertiary/aromatic N) is 1. The number of nitrogens with one attached hydrogen (secondary N) is 2. The number of halogens is 3. The van der Waals surface area contributed by atoms with E-state index in [4.69, 9.17) is 22.1 Å². The van der Waals surface area contributed by atoms with Crippen molar-refractivity contribution >= 4 is 18.1 Å². The van der Waals surface area contributed by atoms with Crippen molar-refractivity contribution < 1.29 is 38.0 Å². The first kappa shape index (κ1) is 19.5. The maximum absolute atomic E-state index is 12.2. The minimum atomic E-state index is -5.11. The third-order valence-corrected chi connectivity index (χ3v) is 3.84. The van der Waals surface area contributed by atoms with Gasteiger partial charge in [-0.25, -0.2) is 0 Å². The summed E-state index contributed by atoms with van der Waals surface area (Å²) in [4.78, 5) is 24.8. The number of aromatic amines is 1. The monoisotopic (exact) mass is 385 g/mol. The molecule has 1 aromatic heterocycles. The lowest BCUT2D eigenvalue weighted by molar-refractivity contribution is -0.173. The molecular formula is C12H14F3N3O6S. The van der Waals surface area contributed by atoms with E-state index in [-0.39, 0.29) is 10.3 Å². The molecule has 1 fully saturated rings. The smallest absolute Gasteiger partial charge is 0.394 e. The van der Waals surface area contributed by atoms with Crippen LogP contribution >= 0.6 is 12.2 Å². The SMILES string of the molecule is O=C(NCc1cn([C@@H]2O[C@H](CO)[C@@H](O)[C@H]2O)c(=S)[nH]c1=O)C(F)(F)F. The van der Waals surface area contributed by atoms with Gasteiger partial charge in [0.15, 0.2) is 11.0 Å². The molecule has 1 saturated heterocycles. The number of aliphatic hydroxyl groups is 3. The summed E-state index contributed by atoms with van der Waals surface area (Å²) in [5.74, 6) is -2.23. The molecule has 1 aromatic rings. The van der Waals surface area contributed by atoms with Gasteiger partial charge >= 0.3 is 12.1 Å². The van der Waals surface area contributed by atoms with Gasteiger partial charge in [0, 0.05) is 12.7 Å². The molecule has 1 aliphatic rings. The maximum atomic E-state index is 12.2. The fourth-order valence-electron chi connectivity index (χ4n) is 2.23. The maximum Gasteiger partial charge on any atom is 0.471 e. The third-order valence-electron chi connectivity index (χ3n) is 3.53. The van der Waals surface area contributed by atoms with Gasteiger partial charge in [0.2, 0.25) is 0 Å². The van der Waals surface area contributed by atoms with Crippen LogP contribution in [0.2, 0.25) is 0 Å². The zero-order chi connectivity index (χ0) is 18.9. The molecule has 25 heavy (non-hydrogen) atoms. The van der Waals surface area contributed by atoms with Gasteiger partial charge in [-0.1, -0.05) is 0 Å². The summed E-state index contributed by atoms with van der Waals surface area (Å²) in [5.41, 5.74) is -1.13. The van der Waals surface area contributed by atoms with E-state index in [0.29, 0.717) is 0 Å². The summed E-state index contributed by atoms with van der Waals surface area (Å²) in [7, 11) is 0. The largest absolute Gasteiger partial charge is 0.471 e. The number of alkyl halides is 3. The topological polar surface area (TPSA) is 137 Å². The van der Waals surface area contributed by atoms with E-state index in [0.717, 1.165) is 10.8 Å². The first-order valence-corrected chi connectivity index (χ1v) is 7.29. The second-order valence-electron chi connectivity index (χ2n) is 5.23. The highest BCUT2D eigenvalue weighted by Gasteiger charge is 2.43. The number of carbonyl (C=O) groups excluding carboxylic acids is 1. The lowest BCUT2D eigenvalue weighted by atomic mass is 10.1. The second kappa shape index (κ2) is 7.21. The molecule has 2 rings (SSSR count). The van der Waals surface area contributed by atoms with Crippen molar-refractivity contribution in [1.82, 2.24) is 14.9 Å². The average Bonchev–Trinajstić information content (AvgIpc) is 2.81. The zero-order valence-corrected chi connectivity index (χ0v) is 13.2. The average molecular weight is 385 g/mol. The Bertz CT molecular complexity index is 764. The molecule has 0 unspecified atom stereocenters. The number of hydrogen-bond donors (Lipinski definition) is 5. The fourth-order valence-corrected chi connectivity index (χ4v) is 2.48.